The Labute approximate surface area is 201 Å². The smallest absolute Gasteiger partial charge is 0.274 e. The van der Waals surface area contributed by atoms with E-state index in [1.807, 2.05) is 18.2 Å². The van der Waals surface area contributed by atoms with Crippen LogP contribution in [0.25, 0.3) is 11.1 Å². The van der Waals surface area contributed by atoms with Gasteiger partial charge < -0.3 is 20.5 Å². The SMILES string of the molecule is CCCN(CCC)C1Nc2cc(-c3ccccc3O)c(NC(=O)c3cccc(Br)n3)cc2O1. The zero-order valence-electron chi connectivity index (χ0n) is 18.6. The van der Waals surface area contributed by atoms with Crippen LogP contribution in [-0.2, 0) is 0 Å². The molecule has 2 heterocycles. The van der Waals surface area contributed by atoms with Crippen molar-refractivity contribution in [2.45, 2.75) is 33.0 Å². The van der Waals surface area contributed by atoms with Gasteiger partial charge in [-0.3, -0.25) is 9.69 Å². The lowest BCUT2D eigenvalue weighted by Gasteiger charge is -2.27. The number of ether oxygens (including phenoxy) is 1. The van der Waals surface area contributed by atoms with Gasteiger partial charge in [0.05, 0.1) is 11.4 Å². The number of halogens is 1. The second kappa shape index (κ2) is 10.2. The monoisotopic (exact) mass is 510 g/mol. The summed E-state index contributed by atoms with van der Waals surface area (Å²) >= 11 is 3.31. The maximum Gasteiger partial charge on any atom is 0.274 e. The van der Waals surface area contributed by atoms with Crippen LogP contribution in [0, 0.1) is 0 Å². The van der Waals surface area contributed by atoms with Gasteiger partial charge in [0.25, 0.3) is 5.91 Å². The number of hydrogen-bond acceptors (Lipinski definition) is 6. The van der Waals surface area contributed by atoms with E-state index in [4.69, 9.17) is 4.74 Å². The topological polar surface area (TPSA) is 86.7 Å². The second-order valence-corrected chi connectivity index (χ2v) is 8.67. The Morgan fingerprint density at radius 2 is 1.88 bits per heavy atom. The van der Waals surface area contributed by atoms with Gasteiger partial charge in [-0.1, -0.05) is 38.1 Å². The van der Waals surface area contributed by atoms with Crippen molar-refractivity contribution in [3.63, 3.8) is 0 Å². The number of nitrogens with zero attached hydrogens (tertiary/aromatic N) is 2. The first-order valence-corrected chi connectivity index (χ1v) is 11.9. The Hall–Kier alpha value is -3.10. The molecule has 0 bridgehead atoms. The summed E-state index contributed by atoms with van der Waals surface area (Å²) in [4.78, 5) is 19.5. The van der Waals surface area contributed by atoms with Gasteiger partial charge in [-0.05, 0) is 53.0 Å². The molecule has 0 spiro atoms. The third-order valence-electron chi connectivity index (χ3n) is 5.38. The van der Waals surface area contributed by atoms with Crippen LogP contribution in [0.4, 0.5) is 11.4 Å². The van der Waals surface area contributed by atoms with E-state index >= 15 is 0 Å². The van der Waals surface area contributed by atoms with Crippen LogP contribution < -0.4 is 15.4 Å². The van der Waals surface area contributed by atoms with Crippen LogP contribution >= 0.6 is 15.9 Å². The van der Waals surface area contributed by atoms with E-state index in [1.165, 1.54) is 0 Å². The molecular formula is C25H27BrN4O3. The highest BCUT2D eigenvalue weighted by Gasteiger charge is 2.29. The fourth-order valence-corrected chi connectivity index (χ4v) is 4.25. The molecule has 1 aromatic heterocycles. The van der Waals surface area contributed by atoms with Crippen LogP contribution in [0.3, 0.4) is 0 Å². The highest BCUT2D eigenvalue weighted by Crippen LogP contribution is 2.43. The van der Waals surface area contributed by atoms with E-state index in [-0.39, 0.29) is 23.7 Å². The van der Waals surface area contributed by atoms with Gasteiger partial charge in [0.1, 0.15) is 21.8 Å². The molecule has 0 aliphatic carbocycles. The molecule has 1 aliphatic rings. The molecule has 3 aromatic rings. The molecule has 4 rings (SSSR count). The van der Waals surface area contributed by atoms with Crippen molar-refractivity contribution in [1.29, 1.82) is 0 Å². The first kappa shape index (κ1) is 23.1. The number of aromatic nitrogens is 1. The molecule has 1 unspecified atom stereocenters. The lowest BCUT2D eigenvalue weighted by molar-refractivity contribution is 0.0597. The van der Waals surface area contributed by atoms with Crippen molar-refractivity contribution in [3.8, 4) is 22.6 Å². The summed E-state index contributed by atoms with van der Waals surface area (Å²) in [6, 6.07) is 15.9. The summed E-state index contributed by atoms with van der Waals surface area (Å²) in [5.41, 5.74) is 2.92. The average molecular weight is 511 g/mol. The number of fused-ring (bicyclic) bond motifs is 1. The van der Waals surface area contributed by atoms with Crippen LogP contribution in [0.15, 0.2) is 59.2 Å². The van der Waals surface area contributed by atoms with Gasteiger partial charge in [-0.25, -0.2) is 4.98 Å². The van der Waals surface area contributed by atoms with Crippen molar-refractivity contribution < 1.29 is 14.6 Å². The number of hydrogen-bond donors (Lipinski definition) is 3. The van der Waals surface area contributed by atoms with Crippen molar-refractivity contribution in [2.75, 3.05) is 23.7 Å². The number of pyridine rings is 1. The van der Waals surface area contributed by atoms with E-state index in [0.717, 1.165) is 31.6 Å². The van der Waals surface area contributed by atoms with Crippen molar-refractivity contribution in [1.82, 2.24) is 9.88 Å². The van der Waals surface area contributed by atoms with Gasteiger partial charge >= 0.3 is 0 Å². The predicted octanol–water partition coefficient (Wildman–Crippen LogP) is 5.68. The van der Waals surface area contributed by atoms with Gasteiger partial charge in [0, 0.05) is 30.3 Å². The molecule has 7 nitrogen and oxygen atoms in total. The average Bonchev–Trinajstić information content (AvgIpc) is 3.21. The molecule has 0 radical (unpaired) electrons. The minimum absolute atomic E-state index is 0.127. The van der Waals surface area contributed by atoms with Gasteiger partial charge in [-0.2, -0.15) is 0 Å². The number of amides is 1. The highest BCUT2D eigenvalue weighted by molar-refractivity contribution is 9.10. The third kappa shape index (κ3) is 5.12. The zero-order chi connectivity index (χ0) is 23.4. The Morgan fingerprint density at radius 3 is 2.58 bits per heavy atom. The summed E-state index contributed by atoms with van der Waals surface area (Å²) in [7, 11) is 0. The largest absolute Gasteiger partial charge is 0.507 e. The van der Waals surface area contributed by atoms with Gasteiger partial charge in [-0.15, -0.1) is 0 Å². The number of para-hydroxylation sites is 1. The second-order valence-electron chi connectivity index (χ2n) is 7.86. The van der Waals surface area contributed by atoms with Crippen LogP contribution in [0.1, 0.15) is 37.2 Å². The van der Waals surface area contributed by atoms with E-state index < -0.39 is 0 Å². The molecule has 3 N–H and O–H groups in total. The molecule has 8 heteroatoms. The van der Waals surface area contributed by atoms with Crippen molar-refractivity contribution >= 4 is 33.2 Å². The zero-order valence-corrected chi connectivity index (χ0v) is 20.2. The summed E-state index contributed by atoms with van der Waals surface area (Å²) in [5.74, 6) is 0.422. The number of phenols is 1. The Bertz CT molecular complexity index is 1150. The molecule has 0 fully saturated rings. The number of phenolic OH excluding ortho intramolecular Hbond substituents is 1. The normalized spacial score (nSPS) is 14.5. The number of nitrogens with one attached hydrogen (secondary N) is 2. The molecule has 1 amide bonds. The van der Waals surface area contributed by atoms with E-state index in [9.17, 15) is 9.90 Å². The minimum atomic E-state index is -0.353. The molecular weight excluding hydrogens is 484 g/mol. The Balaban J connectivity index is 1.71. The van der Waals surface area contributed by atoms with Crippen molar-refractivity contribution in [2.24, 2.45) is 0 Å². The molecule has 0 saturated heterocycles. The first-order chi connectivity index (χ1) is 16.0. The maximum atomic E-state index is 13.0. The molecule has 0 saturated carbocycles. The molecule has 2 aromatic carbocycles. The lowest BCUT2D eigenvalue weighted by atomic mass is 10.0. The summed E-state index contributed by atoms with van der Waals surface area (Å²) in [6.07, 6.45) is 1.75. The third-order valence-corrected chi connectivity index (χ3v) is 5.82. The van der Waals surface area contributed by atoms with E-state index in [0.29, 0.717) is 27.2 Å². The number of anilines is 2. The summed E-state index contributed by atoms with van der Waals surface area (Å²) < 4.78 is 6.80. The molecule has 1 aliphatic heterocycles. The van der Waals surface area contributed by atoms with Gasteiger partial charge in [0.15, 0.2) is 0 Å². The first-order valence-electron chi connectivity index (χ1n) is 11.1. The Morgan fingerprint density at radius 1 is 1.12 bits per heavy atom. The number of benzene rings is 2. The molecule has 1 atom stereocenters. The number of carbonyl (C=O) groups is 1. The van der Waals surface area contributed by atoms with E-state index in [1.54, 1.807) is 36.4 Å². The van der Waals surface area contributed by atoms with Crippen LogP contribution in [0.2, 0.25) is 0 Å². The molecule has 33 heavy (non-hydrogen) atoms. The van der Waals surface area contributed by atoms with Crippen LogP contribution in [-0.4, -0.2) is 40.3 Å². The van der Waals surface area contributed by atoms with Crippen LogP contribution in [0.5, 0.6) is 11.5 Å². The number of carbonyl (C=O) groups excluding carboxylic acids is 1. The summed E-state index contributed by atoms with van der Waals surface area (Å²) in [5, 5.41) is 16.9. The Kier molecular flexibility index (Phi) is 7.15. The number of rotatable bonds is 8. The quantitative estimate of drug-likeness (QED) is 0.338. The standard InChI is InChI=1S/C25H27BrN4O3/c1-3-12-30(13-4-2)25-29-20-14-17(16-8-5-6-10-21(16)31)19(15-22(20)33-25)28-24(32)18-9-7-11-23(26)27-18/h5-11,14-15,25,29,31H,3-4,12-13H2,1-2H3,(H,28,32). The fourth-order valence-electron chi connectivity index (χ4n) is 3.91. The van der Waals surface area contributed by atoms with Gasteiger partial charge in [0.2, 0.25) is 6.35 Å². The highest BCUT2D eigenvalue weighted by atomic mass is 79.9. The lowest BCUT2D eigenvalue weighted by Crippen LogP contribution is -2.43. The van der Waals surface area contributed by atoms with Crippen molar-refractivity contribution in [3.05, 3.63) is 64.9 Å². The van der Waals surface area contributed by atoms with E-state index in [2.05, 4.69) is 50.3 Å². The number of aromatic hydroxyl groups is 1. The fraction of sp³-hybridized carbons (Fsp3) is 0.280. The summed E-state index contributed by atoms with van der Waals surface area (Å²) in [6.45, 7) is 6.10. The maximum absolute atomic E-state index is 13.0. The predicted molar refractivity (Wildman–Crippen MR) is 134 cm³/mol. The molecule has 172 valence electrons. The minimum Gasteiger partial charge on any atom is -0.507 e.